The van der Waals surface area contributed by atoms with E-state index >= 15 is 0 Å². The Morgan fingerprint density at radius 2 is 1.19 bits per heavy atom. The SMILES string of the molecule is C=CCOC(=O)c1ccccc1C(=O)OCC=C.C=COc1ccccc1. The van der Waals surface area contributed by atoms with Gasteiger partial charge in [0.05, 0.1) is 17.4 Å². The molecular formula is C22H22O5. The van der Waals surface area contributed by atoms with Crippen LogP contribution in [0.4, 0.5) is 0 Å². The van der Waals surface area contributed by atoms with Crippen molar-refractivity contribution in [3.8, 4) is 5.75 Å². The Balaban J connectivity index is 0.000000337. The Morgan fingerprint density at radius 1 is 0.741 bits per heavy atom. The molecule has 0 aromatic heterocycles. The third-order valence-electron chi connectivity index (χ3n) is 2.99. The highest BCUT2D eigenvalue weighted by Crippen LogP contribution is 2.12. The second-order valence-electron chi connectivity index (χ2n) is 4.92. The molecule has 0 amide bonds. The predicted octanol–water partition coefficient (Wildman–Crippen LogP) is 4.58. The average Bonchev–Trinajstić information content (AvgIpc) is 2.71. The standard InChI is InChI=1S/C14H14O4.C8H8O/c1-3-9-17-13(15)11-7-5-6-8-12(11)14(16)18-10-4-2;1-2-9-8-6-4-3-5-7-8/h3-8H,1-2,9-10H2;2-7H,1H2. The Bertz CT molecular complexity index is 722. The maximum Gasteiger partial charge on any atom is 0.339 e. The average molecular weight is 366 g/mol. The zero-order chi connectivity index (χ0) is 19.9. The predicted molar refractivity (Wildman–Crippen MR) is 105 cm³/mol. The van der Waals surface area contributed by atoms with Gasteiger partial charge in [-0.3, -0.25) is 0 Å². The molecule has 5 heteroatoms. The lowest BCUT2D eigenvalue weighted by molar-refractivity contribution is 0.0503. The fourth-order valence-electron chi connectivity index (χ4n) is 1.86. The molecule has 0 spiro atoms. The molecule has 0 unspecified atom stereocenters. The second-order valence-corrected chi connectivity index (χ2v) is 4.92. The number of para-hydroxylation sites is 1. The van der Waals surface area contributed by atoms with Gasteiger partial charge in [-0.1, -0.05) is 62.2 Å². The summed E-state index contributed by atoms with van der Waals surface area (Å²) in [6.07, 6.45) is 4.32. The lowest BCUT2D eigenvalue weighted by atomic mass is 10.1. The summed E-state index contributed by atoms with van der Waals surface area (Å²) in [4.78, 5) is 23.4. The van der Waals surface area contributed by atoms with Gasteiger partial charge in [0.1, 0.15) is 19.0 Å². The van der Waals surface area contributed by atoms with E-state index in [1.165, 1.54) is 30.5 Å². The topological polar surface area (TPSA) is 61.8 Å². The number of hydrogen-bond donors (Lipinski definition) is 0. The molecular weight excluding hydrogens is 344 g/mol. The van der Waals surface area contributed by atoms with Crippen molar-refractivity contribution < 1.29 is 23.8 Å². The van der Waals surface area contributed by atoms with Crippen molar-refractivity contribution >= 4 is 11.9 Å². The molecule has 0 heterocycles. The Morgan fingerprint density at radius 3 is 1.59 bits per heavy atom. The lowest BCUT2D eigenvalue weighted by Gasteiger charge is -2.07. The summed E-state index contributed by atoms with van der Waals surface area (Å²) in [7, 11) is 0. The molecule has 5 nitrogen and oxygen atoms in total. The molecule has 27 heavy (non-hydrogen) atoms. The van der Waals surface area contributed by atoms with Crippen LogP contribution < -0.4 is 4.74 Å². The van der Waals surface area contributed by atoms with Gasteiger partial charge in [-0.2, -0.15) is 0 Å². The van der Waals surface area contributed by atoms with Crippen LogP contribution in [0, 0.1) is 0 Å². The van der Waals surface area contributed by atoms with Crippen LogP contribution in [0.1, 0.15) is 20.7 Å². The van der Waals surface area contributed by atoms with E-state index in [0.29, 0.717) is 0 Å². The normalized spacial score (nSPS) is 9.04. The fraction of sp³-hybridized carbons (Fsp3) is 0.0909. The zero-order valence-corrected chi connectivity index (χ0v) is 15.0. The van der Waals surface area contributed by atoms with Gasteiger partial charge < -0.3 is 14.2 Å². The van der Waals surface area contributed by atoms with Crippen molar-refractivity contribution in [3.05, 3.63) is 104 Å². The number of esters is 2. The first-order valence-electron chi connectivity index (χ1n) is 8.11. The highest BCUT2D eigenvalue weighted by atomic mass is 16.5. The molecule has 0 bridgehead atoms. The summed E-state index contributed by atoms with van der Waals surface area (Å²) in [5, 5.41) is 0. The van der Waals surface area contributed by atoms with Crippen LogP contribution >= 0.6 is 0 Å². The monoisotopic (exact) mass is 366 g/mol. The van der Waals surface area contributed by atoms with E-state index in [-0.39, 0.29) is 24.3 Å². The van der Waals surface area contributed by atoms with Gasteiger partial charge >= 0.3 is 11.9 Å². The van der Waals surface area contributed by atoms with Gasteiger partial charge in [0.2, 0.25) is 0 Å². The molecule has 2 rings (SSSR count). The van der Waals surface area contributed by atoms with Crippen molar-refractivity contribution in [3.63, 3.8) is 0 Å². The minimum Gasteiger partial charge on any atom is -0.466 e. The summed E-state index contributed by atoms with van der Waals surface area (Å²) in [6, 6.07) is 15.8. The quantitative estimate of drug-likeness (QED) is 0.389. The van der Waals surface area contributed by atoms with Crippen molar-refractivity contribution in [2.45, 2.75) is 0 Å². The smallest absolute Gasteiger partial charge is 0.339 e. The van der Waals surface area contributed by atoms with Crippen LogP contribution in [0.15, 0.2) is 92.7 Å². The molecule has 0 N–H and O–H groups in total. The van der Waals surface area contributed by atoms with E-state index in [4.69, 9.17) is 14.2 Å². The van der Waals surface area contributed by atoms with Crippen LogP contribution in [0.2, 0.25) is 0 Å². The molecule has 0 aliphatic carbocycles. The number of benzene rings is 2. The third-order valence-corrected chi connectivity index (χ3v) is 2.99. The molecule has 0 radical (unpaired) electrons. The maximum absolute atomic E-state index is 11.7. The van der Waals surface area contributed by atoms with Crippen molar-refractivity contribution in [2.24, 2.45) is 0 Å². The molecule has 0 aliphatic rings. The molecule has 0 fully saturated rings. The molecule has 0 saturated heterocycles. The first-order chi connectivity index (χ1) is 13.1. The number of hydrogen-bond acceptors (Lipinski definition) is 5. The van der Waals surface area contributed by atoms with Crippen LogP contribution in [0.3, 0.4) is 0 Å². The Kier molecular flexibility index (Phi) is 10.1. The lowest BCUT2D eigenvalue weighted by Crippen LogP contribution is -2.14. The molecule has 0 atom stereocenters. The summed E-state index contributed by atoms with van der Waals surface area (Å²) in [5.74, 6) is -0.338. The van der Waals surface area contributed by atoms with E-state index in [1.807, 2.05) is 30.3 Å². The first-order valence-corrected chi connectivity index (χ1v) is 8.11. The summed E-state index contributed by atoms with van der Waals surface area (Å²) in [6.45, 7) is 10.5. The van der Waals surface area contributed by atoms with Crippen LogP contribution in [0.5, 0.6) is 5.75 Å². The maximum atomic E-state index is 11.7. The molecule has 140 valence electrons. The summed E-state index contributed by atoms with van der Waals surface area (Å²) < 4.78 is 14.7. The summed E-state index contributed by atoms with van der Waals surface area (Å²) >= 11 is 0. The first kappa shape index (κ1) is 21.4. The van der Waals surface area contributed by atoms with Gasteiger partial charge in [-0.25, -0.2) is 9.59 Å². The summed E-state index contributed by atoms with van der Waals surface area (Å²) in [5.41, 5.74) is 0.349. The minimum atomic E-state index is -0.582. The minimum absolute atomic E-state index is 0.0921. The Labute approximate surface area is 159 Å². The number of carbonyl (C=O) groups is 2. The zero-order valence-electron chi connectivity index (χ0n) is 15.0. The van der Waals surface area contributed by atoms with E-state index in [1.54, 1.807) is 12.1 Å². The van der Waals surface area contributed by atoms with Crippen molar-refractivity contribution in [1.29, 1.82) is 0 Å². The number of ether oxygens (including phenoxy) is 3. The number of rotatable bonds is 8. The third kappa shape index (κ3) is 7.88. The largest absolute Gasteiger partial charge is 0.466 e. The molecule has 0 aliphatic heterocycles. The highest BCUT2D eigenvalue weighted by Gasteiger charge is 2.18. The van der Waals surface area contributed by atoms with Crippen LogP contribution in [0.25, 0.3) is 0 Å². The van der Waals surface area contributed by atoms with Gasteiger partial charge in [-0.05, 0) is 24.3 Å². The van der Waals surface area contributed by atoms with E-state index in [9.17, 15) is 9.59 Å². The molecule has 2 aromatic rings. The van der Waals surface area contributed by atoms with Crippen LogP contribution in [-0.2, 0) is 9.47 Å². The van der Waals surface area contributed by atoms with Gasteiger partial charge in [-0.15, -0.1) is 0 Å². The van der Waals surface area contributed by atoms with Gasteiger partial charge in [0.25, 0.3) is 0 Å². The highest BCUT2D eigenvalue weighted by molar-refractivity contribution is 6.03. The fourth-order valence-corrected chi connectivity index (χ4v) is 1.86. The Hall–Kier alpha value is -3.60. The van der Waals surface area contributed by atoms with Gasteiger partial charge in [0.15, 0.2) is 0 Å². The molecule has 0 saturated carbocycles. The van der Waals surface area contributed by atoms with E-state index in [0.717, 1.165) is 5.75 Å². The van der Waals surface area contributed by atoms with E-state index in [2.05, 4.69) is 19.7 Å². The molecule has 2 aromatic carbocycles. The van der Waals surface area contributed by atoms with E-state index < -0.39 is 11.9 Å². The van der Waals surface area contributed by atoms with Gasteiger partial charge in [0, 0.05) is 0 Å². The number of carbonyl (C=O) groups excluding carboxylic acids is 2. The van der Waals surface area contributed by atoms with Crippen molar-refractivity contribution in [2.75, 3.05) is 13.2 Å². The van der Waals surface area contributed by atoms with Crippen molar-refractivity contribution in [1.82, 2.24) is 0 Å². The second kappa shape index (κ2) is 12.7. The van der Waals surface area contributed by atoms with Crippen LogP contribution in [-0.4, -0.2) is 25.2 Å².